The molecule has 0 saturated heterocycles. The molecule has 0 unspecified atom stereocenters. The van der Waals surface area contributed by atoms with Crippen molar-refractivity contribution in [2.45, 2.75) is 39.7 Å². The zero-order chi connectivity index (χ0) is 14.5. The summed E-state index contributed by atoms with van der Waals surface area (Å²) in [6.45, 7) is 7.20. The molecule has 2 rings (SSSR count). The van der Waals surface area contributed by atoms with E-state index in [2.05, 4.69) is 24.3 Å². The number of nitrogens with one attached hydrogen (secondary N) is 1. The molecule has 1 N–H and O–H groups in total. The fraction of sp³-hybridized carbons (Fsp3) is 0.438. The molecule has 0 amide bonds. The number of benzene rings is 1. The topological polar surface area (TPSA) is 29.9 Å². The summed E-state index contributed by atoms with van der Waals surface area (Å²) in [7, 11) is 0. The van der Waals surface area contributed by atoms with E-state index in [0.717, 1.165) is 30.6 Å². The quantitative estimate of drug-likeness (QED) is 0.820. The maximum Gasteiger partial charge on any atom is 0.123 e. The molecule has 0 aliphatic heterocycles. The van der Waals surface area contributed by atoms with Crippen molar-refractivity contribution in [2.75, 3.05) is 6.54 Å². The lowest BCUT2D eigenvalue weighted by Crippen LogP contribution is -2.23. The summed E-state index contributed by atoms with van der Waals surface area (Å²) in [4.78, 5) is 0. The van der Waals surface area contributed by atoms with E-state index in [9.17, 15) is 4.39 Å². The largest absolute Gasteiger partial charge is 0.315 e. The maximum absolute atomic E-state index is 13.1. The van der Waals surface area contributed by atoms with Gasteiger partial charge in [0.1, 0.15) is 5.82 Å². The lowest BCUT2D eigenvalue weighted by molar-refractivity contribution is 0.570. The summed E-state index contributed by atoms with van der Waals surface area (Å²) >= 11 is 0. The summed E-state index contributed by atoms with van der Waals surface area (Å²) < 4.78 is 14.9. The second kappa shape index (κ2) is 6.66. The lowest BCUT2D eigenvalue weighted by atomic mass is 10.2. The Labute approximate surface area is 119 Å². The van der Waals surface area contributed by atoms with Gasteiger partial charge >= 0.3 is 0 Å². The van der Waals surface area contributed by atoms with Crippen LogP contribution in [0.2, 0.25) is 0 Å². The normalized spacial score (nSPS) is 11.2. The summed E-state index contributed by atoms with van der Waals surface area (Å²) in [5.74, 6) is -0.210. The van der Waals surface area contributed by atoms with E-state index in [1.807, 2.05) is 24.0 Å². The minimum Gasteiger partial charge on any atom is -0.315 e. The molecule has 0 bridgehead atoms. The molecule has 1 aromatic heterocycles. The number of aromatic nitrogens is 2. The van der Waals surface area contributed by atoms with Crippen molar-refractivity contribution >= 4 is 0 Å². The van der Waals surface area contributed by atoms with Crippen LogP contribution in [-0.4, -0.2) is 22.4 Å². The highest BCUT2D eigenvalue weighted by atomic mass is 19.1. The highest BCUT2D eigenvalue weighted by molar-refractivity contribution is 5.40. The molecule has 0 saturated carbocycles. The lowest BCUT2D eigenvalue weighted by Gasteiger charge is -2.07. The van der Waals surface area contributed by atoms with Gasteiger partial charge in [-0.15, -0.1) is 0 Å². The minimum atomic E-state index is -0.210. The molecule has 20 heavy (non-hydrogen) atoms. The summed E-state index contributed by atoms with van der Waals surface area (Å²) in [5.41, 5.74) is 3.03. The van der Waals surface area contributed by atoms with Crippen LogP contribution in [0.1, 0.15) is 31.4 Å². The van der Waals surface area contributed by atoms with Gasteiger partial charge in [-0.25, -0.2) is 9.07 Å². The second-order valence-electron chi connectivity index (χ2n) is 5.44. The van der Waals surface area contributed by atoms with E-state index in [-0.39, 0.29) is 5.82 Å². The van der Waals surface area contributed by atoms with Crippen molar-refractivity contribution in [2.24, 2.45) is 0 Å². The summed E-state index contributed by atoms with van der Waals surface area (Å²) in [6, 6.07) is 5.29. The molecule has 1 aromatic carbocycles. The maximum atomic E-state index is 13.1. The number of halogens is 1. The van der Waals surface area contributed by atoms with Crippen LogP contribution in [0.4, 0.5) is 4.39 Å². The third-order valence-corrected chi connectivity index (χ3v) is 3.24. The molecule has 0 radical (unpaired) electrons. The highest BCUT2D eigenvalue weighted by Crippen LogP contribution is 2.15. The molecule has 0 aliphatic carbocycles. The van der Waals surface area contributed by atoms with Gasteiger partial charge in [-0.05, 0) is 55.6 Å². The van der Waals surface area contributed by atoms with Crippen molar-refractivity contribution in [3.05, 3.63) is 47.5 Å². The first-order valence-electron chi connectivity index (χ1n) is 7.09. The van der Waals surface area contributed by atoms with Crippen molar-refractivity contribution in [3.63, 3.8) is 0 Å². The van der Waals surface area contributed by atoms with Gasteiger partial charge in [0.2, 0.25) is 0 Å². The van der Waals surface area contributed by atoms with Crippen LogP contribution in [0.5, 0.6) is 0 Å². The van der Waals surface area contributed by atoms with E-state index >= 15 is 0 Å². The molecular formula is C16H22FN3. The standard InChI is InChI=1S/C16H22FN3/c1-12(2)18-8-4-5-14-10-19-20(11-14)16-7-6-15(17)9-13(16)3/h6-7,9-12,18H,4-5,8H2,1-3H3. The van der Waals surface area contributed by atoms with Gasteiger partial charge in [0.15, 0.2) is 0 Å². The number of hydrogen-bond acceptors (Lipinski definition) is 2. The zero-order valence-electron chi connectivity index (χ0n) is 12.4. The van der Waals surface area contributed by atoms with Crippen LogP contribution < -0.4 is 5.32 Å². The summed E-state index contributed by atoms with van der Waals surface area (Å²) in [6.07, 6.45) is 6.00. The third kappa shape index (κ3) is 3.90. The predicted molar refractivity (Wildman–Crippen MR) is 79.7 cm³/mol. The van der Waals surface area contributed by atoms with Gasteiger partial charge in [0, 0.05) is 12.2 Å². The molecule has 108 valence electrons. The molecule has 0 spiro atoms. The molecule has 4 heteroatoms. The van der Waals surface area contributed by atoms with Crippen LogP contribution in [0.25, 0.3) is 5.69 Å². The first kappa shape index (κ1) is 14.7. The average molecular weight is 275 g/mol. The highest BCUT2D eigenvalue weighted by Gasteiger charge is 2.05. The van der Waals surface area contributed by atoms with Gasteiger partial charge < -0.3 is 5.32 Å². The van der Waals surface area contributed by atoms with Crippen molar-refractivity contribution in [1.82, 2.24) is 15.1 Å². The van der Waals surface area contributed by atoms with Crippen LogP contribution in [-0.2, 0) is 6.42 Å². The number of aryl methyl sites for hydroxylation is 2. The SMILES string of the molecule is Cc1cc(F)ccc1-n1cc(CCCNC(C)C)cn1. The van der Waals surface area contributed by atoms with Crippen molar-refractivity contribution in [1.29, 1.82) is 0 Å². The van der Waals surface area contributed by atoms with Gasteiger partial charge in [-0.1, -0.05) is 13.8 Å². The Kier molecular flexibility index (Phi) is 4.90. The molecule has 0 fully saturated rings. The molecule has 3 nitrogen and oxygen atoms in total. The fourth-order valence-electron chi connectivity index (χ4n) is 2.18. The Morgan fingerprint density at radius 1 is 1.35 bits per heavy atom. The zero-order valence-corrected chi connectivity index (χ0v) is 12.4. The van der Waals surface area contributed by atoms with Gasteiger partial charge in [0.25, 0.3) is 0 Å². The number of hydrogen-bond donors (Lipinski definition) is 1. The van der Waals surface area contributed by atoms with Gasteiger partial charge in [-0.2, -0.15) is 5.10 Å². The van der Waals surface area contributed by atoms with Crippen LogP contribution >= 0.6 is 0 Å². The summed E-state index contributed by atoms with van der Waals surface area (Å²) in [5, 5.41) is 7.77. The monoisotopic (exact) mass is 275 g/mol. The van der Waals surface area contributed by atoms with Gasteiger partial charge in [-0.3, -0.25) is 0 Å². The molecule has 0 atom stereocenters. The molecular weight excluding hydrogens is 253 g/mol. The van der Waals surface area contributed by atoms with E-state index in [1.54, 1.807) is 6.07 Å². The van der Waals surface area contributed by atoms with Crippen molar-refractivity contribution in [3.8, 4) is 5.69 Å². The molecule has 1 heterocycles. The Bertz CT molecular complexity index is 561. The average Bonchev–Trinajstić information content (AvgIpc) is 2.83. The first-order chi connectivity index (χ1) is 9.56. The Balaban J connectivity index is 1.98. The van der Waals surface area contributed by atoms with E-state index in [1.165, 1.54) is 17.7 Å². The van der Waals surface area contributed by atoms with Crippen LogP contribution in [0, 0.1) is 12.7 Å². The third-order valence-electron chi connectivity index (χ3n) is 3.24. The molecule has 2 aromatic rings. The van der Waals surface area contributed by atoms with Crippen molar-refractivity contribution < 1.29 is 4.39 Å². The van der Waals surface area contributed by atoms with E-state index < -0.39 is 0 Å². The minimum absolute atomic E-state index is 0.210. The number of nitrogens with zero attached hydrogens (tertiary/aromatic N) is 2. The van der Waals surface area contributed by atoms with Crippen LogP contribution in [0.15, 0.2) is 30.6 Å². The Morgan fingerprint density at radius 2 is 2.15 bits per heavy atom. The smallest absolute Gasteiger partial charge is 0.123 e. The molecule has 0 aliphatic rings. The number of rotatable bonds is 6. The predicted octanol–water partition coefficient (Wildman–Crippen LogP) is 3.25. The second-order valence-corrected chi connectivity index (χ2v) is 5.44. The van der Waals surface area contributed by atoms with E-state index in [4.69, 9.17) is 0 Å². The Hall–Kier alpha value is -1.68. The van der Waals surface area contributed by atoms with Crippen LogP contribution in [0.3, 0.4) is 0 Å². The van der Waals surface area contributed by atoms with Gasteiger partial charge in [0.05, 0.1) is 11.9 Å². The van der Waals surface area contributed by atoms with E-state index in [0.29, 0.717) is 6.04 Å². The fourth-order valence-corrected chi connectivity index (χ4v) is 2.18. The first-order valence-corrected chi connectivity index (χ1v) is 7.09. The Morgan fingerprint density at radius 3 is 2.85 bits per heavy atom.